The van der Waals surface area contributed by atoms with Gasteiger partial charge >= 0.3 is 0 Å². The zero-order valence-electron chi connectivity index (χ0n) is 36.2. The molecular weight excluding hydrogens is 729 g/mol. The van der Waals surface area contributed by atoms with Gasteiger partial charge in [0.2, 0.25) is 0 Å². The predicted octanol–water partition coefficient (Wildman–Crippen LogP) is 12.9. The van der Waals surface area contributed by atoms with Gasteiger partial charge in [0, 0.05) is 50.6 Å². The highest BCUT2D eigenvalue weighted by molar-refractivity contribution is 7.00. The van der Waals surface area contributed by atoms with Crippen LogP contribution in [0, 0.1) is 6.92 Å². The third-order valence-corrected chi connectivity index (χ3v) is 16.0. The molecule has 1 aromatic heterocycles. The van der Waals surface area contributed by atoms with Crippen molar-refractivity contribution in [2.24, 2.45) is 0 Å². The van der Waals surface area contributed by atoms with Crippen molar-refractivity contribution >= 4 is 79.8 Å². The lowest BCUT2D eigenvalue weighted by atomic mass is 9.35. The monoisotopic (exact) mass is 783 g/mol. The molecule has 12 rings (SSSR count). The fourth-order valence-corrected chi connectivity index (χ4v) is 12.6. The lowest BCUT2D eigenvalue weighted by Gasteiger charge is -2.50. The molecule has 2 atom stereocenters. The second-order valence-corrected chi connectivity index (χ2v) is 20.4. The Labute approximate surface area is 355 Å². The first kappa shape index (κ1) is 36.2. The summed E-state index contributed by atoms with van der Waals surface area (Å²) in [6, 6.07) is 48.3. The van der Waals surface area contributed by atoms with Gasteiger partial charge in [0.1, 0.15) is 5.58 Å². The van der Waals surface area contributed by atoms with Crippen molar-refractivity contribution in [3.63, 3.8) is 0 Å². The van der Waals surface area contributed by atoms with E-state index in [0.717, 1.165) is 29.8 Å². The maximum Gasteiger partial charge on any atom is 0.297 e. The number of anilines is 8. The average Bonchev–Trinajstić information content (AvgIpc) is 3.71. The van der Waals surface area contributed by atoms with Crippen molar-refractivity contribution in [1.82, 2.24) is 0 Å². The Kier molecular flexibility index (Phi) is 7.37. The van der Waals surface area contributed by atoms with E-state index in [9.17, 15) is 0 Å². The molecule has 0 radical (unpaired) electrons. The van der Waals surface area contributed by atoms with Crippen LogP contribution in [0.2, 0.25) is 0 Å². The summed E-state index contributed by atoms with van der Waals surface area (Å²) >= 11 is 0. The Hall–Kier alpha value is -5.68. The molecule has 0 bridgehead atoms. The molecule has 3 aliphatic heterocycles. The van der Waals surface area contributed by atoms with Crippen LogP contribution in [0.4, 0.5) is 45.5 Å². The zero-order chi connectivity index (χ0) is 40.9. The number of para-hydroxylation sites is 3. The fraction of sp³-hybridized carbons (Fsp3) is 0.309. The van der Waals surface area contributed by atoms with Crippen molar-refractivity contribution in [1.29, 1.82) is 0 Å². The van der Waals surface area contributed by atoms with E-state index in [2.05, 4.69) is 191 Å². The molecule has 298 valence electrons. The van der Waals surface area contributed by atoms with Gasteiger partial charge in [-0.3, -0.25) is 0 Å². The molecule has 1 fully saturated rings. The van der Waals surface area contributed by atoms with Crippen LogP contribution in [0.25, 0.3) is 11.0 Å². The SMILES string of the molecule is Cc1cc2c3c(c1)N(c1ccccc1)c1c(oc4cc5c(cc14)C(C)(C)CCC5(C)C)B3c1cc3c(cc1N2c1ccccc1)N(c1ccccc1)C1(C)CCCCC31C. The van der Waals surface area contributed by atoms with Crippen molar-refractivity contribution < 1.29 is 4.42 Å². The number of rotatable bonds is 3. The van der Waals surface area contributed by atoms with E-state index in [1.165, 1.54) is 104 Å². The van der Waals surface area contributed by atoms with Gasteiger partial charge in [0.15, 0.2) is 0 Å². The number of nitrogens with zero attached hydrogens (tertiary/aromatic N) is 3. The van der Waals surface area contributed by atoms with Gasteiger partial charge in [0.25, 0.3) is 6.71 Å². The van der Waals surface area contributed by atoms with Crippen LogP contribution in [0.3, 0.4) is 0 Å². The Morgan fingerprint density at radius 3 is 1.75 bits per heavy atom. The van der Waals surface area contributed by atoms with Gasteiger partial charge in [-0.1, -0.05) is 108 Å². The van der Waals surface area contributed by atoms with Gasteiger partial charge in [-0.25, -0.2) is 0 Å². The molecule has 2 unspecified atom stereocenters. The molecule has 0 spiro atoms. The van der Waals surface area contributed by atoms with E-state index in [-0.39, 0.29) is 28.5 Å². The Morgan fingerprint density at radius 1 is 0.533 bits per heavy atom. The Balaban J connectivity index is 1.21. The fourth-order valence-electron chi connectivity index (χ4n) is 12.6. The molecule has 4 heterocycles. The summed E-state index contributed by atoms with van der Waals surface area (Å²) in [4.78, 5) is 7.82. The number of hydrogen-bond donors (Lipinski definition) is 0. The molecule has 2 aliphatic carbocycles. The molecule has 0 N–H and O–H groups in total. The van der Waals surface area contributed by atoms with Gasteiger partial charge in [0.05, 0.1) is 16.9 Å². The second-order valence-electron chi connectivity index (χ2n) is 20.4. The number of benzene rings is 6. The first-order valence-electron chi connectivity index (χ1n) is 22.4. The third-order valence-electron chi connectivity index (χ3n) is 16.0. The lowest BCUT2D eigenvalue weighted by molar-refractivity contribution is 0.195. The van der Waals surface area contributed by atoms with Crippen LogP contribution in [0.5, 0.6) is 0 Å². The van der Waals surface area contributed by atoms with Crippen molar-refractivity contribution in [2.45, 2.75) is 109 Å². The van der Waals surface area contributed by atoms with Crippen LogP contribution >= 0.6 is 0 Å². The minimum atomic E-state index is -0.0968. The molecule has 1 saturated carbocycles. The Bertz CT molecular complexity index is 2900. The van der Waals surface area contributed by atoms with E-state index >= 15 is 0 Å². The molecule has 60 heavy (non-hydrogen) atoms. The smallest absolute Gasteiger partial charge is 0.297 e. The number of fused-ring (bicyclic) bond motifs is 10. The summed E-state index contributed by atoms with van der Waals surface area (Å²) < 4.78 is 7.54. The average molecular weight is 784 g/mol. The van der Waals surface area contributed by atoms with Crippen LogP contribution < -0.4 is 31.3 Å². The summed E-state index contributed by atoms with van der Waals surface area (Å²) in [5.41, 5.74) is 20.1. The highest BCUT2D eigenvalue weighted by Gasteiger charge is 2.59. The molecular formula is C55H54BN3O. The summed E-state index contributed by atoms with van der Waals surface area (Å²) in [5, 5.41) is 1.21. The van der Waals surface area contributed by atoms with Crippen LogP contribution in [0.15, 0.2) is 132 Å². The normalized spacial score (nSPS) is 22.8. The van der Waals surface area contributed by atoms with Gasteiger partial charge < -0.3 is 19.1 Å². The predicted molar refractivity (Wildman–Crippen MR) is 253 cm³/mol. The minimum Gasteiger partial charge on any atom is -0.468 e. The molecule has 0 saturated heterocycles. The lowest BCUT2D eigenvalue weighted by Crippen LogP contribution is -2.61. The summed E-state index contributed by atoms with van der Waals surface area (Å²) in [6.45, 7) is 17.0. The molecule has 5 heteroatoms. The second kappa shape index (κ2) is 12.2. The maximum atomic E-state index is 7.54. The van der Waals surface area contributed by atoms with Crippen LogP contribution in [-0.4, -0.2) is 12.3 Å². The zero-order valence-corrected chi connectivity index (χ0v) is 36.2. The molecule has 7 aromatic rings. The standard InChI is InChI=1S/C55H54BN3O/c1-35-29-46-49-47(30-35)58(37-21-13-9-14-22-37)50-39-31-40-41(53(4,5)28-27-52(40,2)3)33-48(39)60-51(50)56(49)43-32-42-44(34-45(43)57(46)36-19-11-8-12-20-36)59(38-23-15-10-16-24-38)55(7)26-18-17-25-54(42,55)6/h8-16,19-24,29-34H,17-18,25-28H2,1-7H3. The van der Waals surface area contributed by atoms with E-state index in [1.54, 1.807) is 0 Å². The number of hydrogen-bond acceptors (Lipinski definition) is 4. The van der Waals surface area contributed by atoms with Gasteiger partial charge in [-0.2, -0.15) is 0 Å². The molecule has 0 amide bonds. The number of furan rings is 1. The first-order chi connectivity index (χ1) is 28.9. The third kappa shape index (κ3) is 4.70. The molecule has 4 nitrogen and oxygen atoms in total. The summed E-state index contributed by atoms with van der Waals surface area (Å²) in [5.74, 6) is 0. The number of aryl methyl sites for hydroxylation is 1. The van der Waals surface area contributed by atoms with Crippen molar-refractivity contribution in [2.75, 3.05) is 14.7 Å². The summed E-state index contributed by atoms with van der Waals surface area (Å²) in [6.07, 6.45) is 7.14. The molecule has 5 aliphatic rings. The highest BCUT2D eigenvalue weighted by atomic mass is 16.3. The summed E-state index contributed by atoms with van der Waals surface area (Å²) in [7, 11) is 0. The highest BCUT2D eigenvalue weighted by Crippen LogP contribution is 2.62. The van der Waals surface area contributed by atoms with Gasteiger partial charge in [-0.05, 0) is 150 Å². The largest absolute Gasteiger partial charge is 0.468 e. The maximum absolute atomic E-state index is 7.54. The van der Waals surface area contributed by atoms with Crippen LogP contribution in [-0.2, 0) is 16.2 Å². The van der Waals surface area contributed by atoms with Gasteiger partial charge in [-0.15, -0.1) is 0 Å². The van der Waals surface area contributed by atoms with E-state index < -0.39 is 0 Å². The first-order valence-corrected chi connectivity index (χ1v) is 22.4. The van der Waals surface area contributed by atoms with Crippen molar-refractivity contribution in [3.8, 4) is 0 Å². The van der Waals surface area contributed by atoms with E-state index in [4.69, 9.17) is 4.42 Å². The topological polar surface area (TPSA) is 22.9 Å². The minimum absolute atomic E-state index is 0.0307. The van der Waals surface area contributed by atoms with Crippen molar-refractivity contribution in [3.05, 3.63) is 150 Å². The van der Waals surface area contributed by atoms with E-state index in [1.807, 2.05) is 0 Å². The van der Waals surface area contributed by atoms with E-state index in [0.29, 0.717) is 0 Å². The molecule has 6 aromatic carbocycles. The van der Waals surface area contributed by atoms with Crippen LogP contribution in [0.1, 0.15) is 102 Å². The quantitative estimate of drug-likeness (QED) is 0.167. The Morgan fingerprint density at radius 2 is 1.10 bits per heavy atom.